The van der Waals surface area contributed by atoms with Gasteiger partial charge in [-0.1, -0.05) is 6.42 Å². The van der Waals surface area contributed by atoms with Gasteiger partial charge in [-0.05, 0) is 76.2 Å². The minimum atomic E-state index is -0.225. The number of likely N-dealkylation sites (tertiary alicyclic amines) is 1. The molecule has 1 aliphatic heterocycles. The third-order valence-electron chi connectivity index (χ3n) is 4.27. The van der Waals surface area contributed by atoms with Crippen LogP contribution < -0.4 is 0 Å². The van der Waals surface area contributed by atoms with Crippen molar-refractivity contribution in [1.82, 2.24) is 14.9 Å². The van der Waals surface area contributed by atoms with Crippen molar-refractivity contribution in [2.24, 2.45) is 0 Å². The largest absolute Gasteiger partial charge is 0.303 e. The summed E-state index contributed by atoms with van der Waals surface area (Å²) in [5, 5.41) is 1.00. The highest BCUT2D eigenvalue weighted by Crippen LogP contribution is 2.24. The molecule has 1 aromatic carbocycles. The molecule has 0 amide bonds. The fourth-order valence-electron chi connectivity index (χ4n) is 3.03. The number of aromatic nitrogens is 2. The van der Waals surface area contributed by atoms with E-state index in [-0.39, 0.29) is 5.82 Å². The molecule has 0 aliphatic carbocycles. The molecule has 1 saturated heterocycles. The summed E-state index contributed by atoms with van der Waals surface area (Å²) in [6.45, 7) is 5.60. The zero-order valence-electron chi connectivity index (χ0n) is 14.2. The van der Waals surface area contributed by atoms with Crippen LogP contribution in [0.25, 0.3) is 11.3 Å². The van der Waals surface area contributed by atoms with Crippen LogP contribution in [0, 0.1) is 12.7 Å². The Morgan fingerprint density at radius 2 is 1.83 bits per heavy atom. The molecular formula is C19H24FN3S. The Balaban J connectivity index is 1.56. The van der Waals surface area contributed by atoms with Gasteiger partial charge >= 0.3 is 0 Å². The maximum Gasteiger partial charge on any atom is 0.127 e. The van der Waals surface area contributed by atoms with Crippen LogP contribution in [0.5, 0.6) is 0 Å². The highest BCUT2D eigenvalue weighted by molar-refractivity contribution is 7.99. The molecule has 0 atom stereocenters. The molecule has 0 saturated carbocycles. The van der Waals surface area contributed by atoms with Crippen LogP contribution in [0.4, 0.5) is 4.39 Å². The average Bonchev–Trinajstić information content (AvgIpc) is 2.60. The van der Waals surface area contributed by atoms with Crippen molar-refractivity contribution in [3.8, 4) is 11.3 Å². The Morgan fingerprint density at radius 1 is 1.08 bits per heavy atom. The highest BCUT2D eigenvalue weighted by atomic mass is 32.2. The fourth-order valence-corrected chi connectivity index (χ4v) is 3.90. The fraction of sp³-hybridized carbons (Fsp3) is 0.474. The highest BCUT2D eigenvalue weighted by Gasteiger charge is 2.10. The summed E-state index contributed by atoms with van der Waals surface area (Å²) in [7, 11) is 0. The van der Waals surface area contributed by atoms with E-state index in [4.69, 9.17) is 0 Å². The molecule has 0 spiro atoms. The van der Waals surface area contributed by atoms with Crippen molar-refractivity contribution in [2.45, 2.75) is 37.6 Å². The van der Waals surface area contributed by atoms with Crippen molar-refractivity contribution in [1.29, 1.82) is 0 Å². The number of halogens is 1. The summed E-state index contributed by atoms with van der Waals surface area (Å²) >= 11 is 1.78. The maximum absolute atomic E-state index is 13.1. The molecular weight excluding hydrogens is 321 g/mol. The topological polar surface area (TPSA) is 29.0 Å². The number of piperidine rings is 1. The number of rotatable bonds is 6. The molecule has 3 rings (SSSR count). The summed E-state index contributed by atoms with van der Waals surface area (Å²) < 4.78 is 13.1. The Kier molecular flexibility index (Phi) is 6.21. The first-order valence-electron chi connectivity index (χ1n) is 8.67. The second-order valence-corrected chi connectivity index (χ2v) is 7.37. The Hall–Kier alpha value is -1.46. The molecule has 1 aromatic heterocycles. The van der Waals surface area contributed by atoms with Crippen LogP contribution in [-0.4, -0.2) is 40.3 Å². The van der Waals surface area contributed by atoms with Gasteiger partial charge in [0.05, 0.1) is 5.69 Å². The van der Waals surface area contributed by atoms with Crippen LogP contribution in [0.1, 0.15) is 31.5 Å². The number of benzene rings is 1. The molecule has 2 heterocycles. The van der Waals surface area contributed by atoms with Gasteiger partial charge in [-0.3, -0.25) is 0 Å². The zero-order chi connectivity index (χ0) is 16.8. The standard InChI is InChI=1S/C19H24FN3S/c1-15-21-18(16-6-8-17(20)9-7-16)14-19(22-15)24-13-5-12-23-10-3-2-4-11-23/h6-9,14H,2-5,10-13H2,1H3. The minimum absolute atomic E-state index is 0.225. The summed E-state index contributed by atoms with van der Waals surface area (Å²) in [6, 6.07) is 8.48. The van der Waals surface area contributed by atoms with Gasteiger partial charge in [0.2, 0.25) is 0 Å². The van der Waals surface area contributed by atoms with E-state index in [0.717, 1.165) is 27.9 Å². The van der Waals surface area contributed by atoms with Crippen LogP contribution in [0.3, 0.4) is 0 Å². The third kappa shape index (κ3) is 5.02. The van der Waals surface area contributed by atoms with Crippen molar-refractivity contribution in [3.63, 3.8) is 0 Å². The monoisotopic (exact) mass is 345 g/mol. The number of thioether (sulfide) groups is 1. The van der Waals surface area contributed by atoms with E-state index < -0.39 is 0 Å². The number of aryl methyl sites for hydroxylation is 1. The second kappa shape index (κ2) is 8.58. The average molecular weight is 345 g/mol. The van der Waals surface area contributed by atoms with Crippen LogP contribution in [0.15, 0.2) is 35.4 Å². The van der Waals surface area contributed by atoms with E-state index in [1.165, 1.54) is 57.5 Å². The van der Waals surface area contributed by atoms with Crippen molar-refractivity contribution < 1.29 is 4.39 Å². The van der Waals surface area contributed by atoms with Crippen molar-refractivity contribution in [3.05, 3.63) is 42.0 Å². The maximum atomic E-state index is 13.1. The molecule has 0 radical (unpaired) electrons. The van der Waals surface area contributed by atoms with E-state index in [0.29, 0.717) is 0 Å². The first-order chi connectivity index (χ1) is 11.7. The Bertz CT molecular complexity index is 654. The van der Waals surface area contributed by atoms with Crippen LogP contribution >= 0.6 is 11.8 Å². The molecule has 0 bridgehead atoms. The number of nitrogens with zero attached hydrogens (tertiary/aromatic N) is 3. The van der Waals surface area contributed by atoms with E-state index in [1.807, 2.05) is 13.0 Å². The number of hydrogen-bond donors (Lipinski definition) is 0. The van der Waals surface area contributed by atoms with Crippen molar-refractivity contribution >= 4 is 11.8 Å². The quantitative estimate of drug-likeness (QED) is 0.436. The van der Waals surface area contributed by atoms with Gasteiger partial charge in [0.1, 0.15) is 16.7 Å². The van der Waals surface area contributed by atoms with E-state index in [2.05, 4.69) is 14.9 Å². The van der Waals surface area contributed by atoms with Gasteiger partial charge < -0.3 is 4.90 Å². The first kappa shape index (κ1) is 17.4. The summed E-state index contributed by atoms with van der Waals surface area (Å²) in [5.74, 6) is 1.60. The molecule has 5 heteroatoms. The summed E-state index contributed by atoms with van der Waals surface area (Å²) in [6.07, 6.45) is 5.26. The molecule has 2 aromatic rings. The van der Waals surface area contributed by atoms with Gasteiger partial charge in [0.15, 0.2) is 0 Å². The van der Waals surface area contributed by atoms with Crippen LogP contribution in [-0.2, 0) is 0 Å². The van der Waals surface area contributed by atoms with Crippen LogP contribution in [0.2, 0.25) is 0 Å². The van der Waals surface area contributed by atoms with E-state index in [1.54, 1.807) is 23.9 Å². The lowest BCUT2D eigenvalue weighted by Gasteiger charge is -2.26. The van der Waals surface area contributed by atoms with Gasteiger partial charge in [-0.15, -0.1) is 11.8 Å². The number of hydrogen-bond acceptors (Lipinski definition) is 4. The van der Waals surface area contributed by atoms with Gasteiger partial charge in [0.25, 0.3) is 0 Å². The minimum Gasteiger partial charge on any atom is -0.303 e. The second-order valence-electron chi connectivity index (χ2n) is 6.25. The Morgan fingerprint density at radius 3 is 2.58 bits per heavy atom. The Labute approximate surface area is 147 Å². The SMILES string of the molecule is Cc1nc(SCCCN2CCCCC2)cc(-c2ccc(F)cc2)n1. The molecule has 0 unspecified atom stereocenters. The molecule has 1 aliphatic rings. The van der Waals surface area contributed by atoms with Gasteiger partial charge in [-0.25, -0.2) is 14.4 Å². The summed E-state index contributed by atoms with van der Waals surface area (Å²) in [4.78, 5) is 11.6. The lowest BCUT2D eigenvalue weighted by atomic mass is 10.1. The third-order valence-corrected chi connectivity index (χ3v) is 5.27. The first-order valence-corrected chi connectivity index (χ1v) is 9.66. The van der Waals surface area contributed by atoms with Gasteiger partial charge in [0, 0.05) is 11.3 Å². The normalized spacial score (nSPS) is 15.6. The molecule has 24 heavy (non-hydrogen) atoms. The zero-order valence-corrected chi connectivity index (χ0v) is 15.0. The lowest BCUT2D eigenvalue weighted by molar-refractivity contribution is 0.230. The van der Waals surface area contributed by atoms with Crippen molar-refractivity contribution in [2.75, 3.05) is 25.4 Å². The lowest BCUT2D eigenvalue weighted by Crippen LogP contribution is -2.30. The predicted octanol–water partition coefficient (Wildman–Crippen LogP) is 4.56. The predicted molar refractivity (Wildman–Crippen MR) is 97.8 cm³/mol. The smallest absolute Gasteiger partial charge is 0.127 e. The summed E-state index contributed by atoms with van der Waals surface area (Å²) in [5.41, 5.74) is 1.79. The molecule has 0 N–H and O–H groups in total. The van der Waals surface area contributed by atoms with E-state index in [9.17, 15) is 4.39 Å². The molecule has 1 fully saturated rings. The van der Waals surface area contributed by atoms with E-state index >= 15 is 0 Å². The molecule has 128 valence electrons. The van der Waals surface area contributed by atoms with Gasteiger partial charge in [-0.2, -0.15) is 0 Å². The molecule has 3 nitrogen and oxygen atoms in total.